The Morgan fingerprint density at radius 2 is 1.96 bits per heavy atom. The number of aromatic nitrogens is 1. The van der Waals surface area contributed by atoms with Gasteiger partial charge in [0, 0.05) is 18.2 Å². The monoisotopic (exact) mass is 378 g/mol. The minimum absolute atomic E-state index is 0.144. The average Bonchev–Trinajstić information content (AvgIpc) is 2.58. The highest BCUT2D eigenvalue weighted by Gasteiger charge is 2.33. The molecule has 1 saturated carbocycles. The van der Waals surface area contributed by atoms with Crippen LogP contribution in [0.2, 0.25) is 5.15 Å². The van der Waals surface area contributed by atoms with Crippen molar-refractivity contribution in [2.45, 2.75) is 90.3 Å². The summed E-state index contributed by atoms with van der Waals surface area (Å²) in [6.45, 7) is 6.31. The number of ether oxygens (including phenoxy) is 1. The van der Waals surface area contributed by atoms with E-state index in [-0.39, 0.29) is 12.1 Å². The van der Waals surface area contributed by atoms with E-state index in [0.29, 0.717) is 11.7 Å². The number of hydrogen-bond donors (Lipinski definition) is 0. The van der Waals surface area contributed by atoms with Gasteiger partial charge >= 0.3 is 6.09 Å². The number of carbonyl (C=O) groups is 1. The Morgan fingerprint density at radius 3 is 2.65 bits per heavy atom. The largest absolute Gasteiger partial charge is 0.444 e. The van der Waals surface area contributed by atoms with Gasteiger partial charge in [0.2, 0.25) is 0 Å². The minimum Gasteiger partial charge on any atom is -0.444 e. The molecule has 1 aromatic rings. The van der Waals surface area contributed by atoms with Gasteiger partial charge in [-0.3, -0.25) is 0 Å². The third-order valence-electron chi connectivity index (χ3n) is 5.51. The zero-order chi connectivity index (χ0) is 18.7. The van der Waals surface area contributed by atoms with Gasteiger partial charge < -0.3 is 9.64 Å². The summed E-state index contributed by atoms with van der Waals surface area (Å²) >= 11 is 6.09. The molecule has 1 amide bonds. The van der Waals surface area contributed by atoms with E-state index in [1.807, 2.05) is 31.7 Å². The minimum atomic E-state index is -0.483. The molecule has 0 spiro atoms. The number of pyridine rings is 1. The lowest BCUT2D eigenvalue weighted by Gasteiger charge is -2.38. The second-order valence-electron chi connectivity index (χ2n) is 8.79. The molecule has 0 N–H and O–H groups in total. The van der Waals surface area contributed by atoms with Gasteiger partial charge in [0.05, 0.1) is 6.54 Å². The van der Waals surface area contributed by atoms with Crippen LogP contribution in [0.4, 0.5) is 4.79 Å². The number of amides is 1. The van der Waals surface area contributed by atoms with Crippen LogP contribution in [-0.4, -0.2) is 27.6 Å². The van der Waals surface area contributed by atoms with Crippen LogP contribution in [0.25, 0.3) is 0 Å². The highest BCUT2D eigenvalue weighted by Crippen LogP contribution is 2.32. The molecule has 1 unspecified atom stereocenters. The topological polar surface area (TPSA) is 42.4 Å². The van der Waals surface area contributed by atoms with Gasteiger partial charge in [-0.25, -0.2) is 9.78 Å². The van der Waals surface area contributed by atoms with Crippen molar-refractivity contribution in [3.8, 4) is 0 Å². The molecule has 1 aliphatic carbocycles. The van der Waals surface area contributed by atoms with Crippen molar-refractivity contribution >= 4 is 17.7 Å². The first kappa shape index (κ1) is 19.5. The molecule has 5 heteroatoms. The second kappa shape index (κ2) is 8.16. The number of carbonyl (C=O) groups excluding carboxylic acids is 1. The van der Waals surface area contributed by atoms with E-state index in [1.165, 1.54) is 38.5 Å². The Balaban J connectivity index is 1.73. The van der Waals surface area contributed by atoms with Crippen LogP contribution in [0.15, 0.2) is 12.1 Å². The van der Waals surface area contributed by atoms with Crippen LogP contribution in [0, 0.1) is 5.92 Å². The Hall–Kier alpha value is -1.29. The molecule has 2 heterocycles. The van der Waals surface area contributed by atoms with Gasteiger partial charge in [0.25, 0.3) is 0 Å². The zero-order valence-electron chi connectivity index (χ0n) is 16.3. The van der Waals surface area contributed by atoms with E-state index < -0.39 is 5.60 Å². The van der Waals surface area contributed by atoms with E-state index in [2.05, 4.69) is 4.98 Å². The standard InChI is InChI=1S/C21H31ClN2O2/c1-21(2,3)26-20(25)24-14-16-10-12-19(22)23-18(16)13-17(24)11-9-15-7-5-4-6-8-15/h10,12,15,17H,4-9,11,13-14H2,1-3H3. The maximum absolute atomic E-state index is 12.8. The summed E-state index contributed by atoms with van der Waals surface area (Å²) in [5, 5.41) is 0.528. The van der Waals surface area contributed by atoms with Crippen LogP contribution in [0.3, 0.4) is 0 Å². The fourth-order valence-electron chi connectivity index (χ4n) is 4.17. The second-order valence-corrected chi connectivity index (χ2v) is 9.17. The maximum Gasteiger partial charge on any atom is 0.410 e. The first-order valence-corrected chi connectivity index (χ1v) is 10.3. The lowest BCUT2D eigenvalue weighted by atomic mass is 9.84. The normalized spacial score (nSPS) is 21.4. The summed E-state index contributed by atoms with van der Waals surface area (Å²) in [6, 6.07) is 3.93. The summed E-state index contributed by atoms with van der Waals surface area (Å²) in [7, 11) is 0. The predicted molar refractivity (Wildman–Crippen MR) is 104 cm³/mol. The van der Waals surface area contributed by atoms with Gasteiger partial charge in [-0.15, -0.1) is 0 Å². The summed E-state index contributed by atoms with van der Waals surface area (Å²) in [5.74, 6) is 0.804. The zero-order valence-corrected chi connectivity index (χ0v) is 17.0. The lowest BCUT2D eigenvalue weighted by Crippen LogP contribution is -2.47. The van der Waals surface area contributed by atoms with E-state index in [4.69, 9.17) is 16.3 Å². The highest BCUT2D eigenvalue weighted by atomic mass is 35.5. The third-order valence-corrected chi connectivity index (χ3v) is 5.72. The quantitative estimate of drug-likeness (QED) is 0.628. The summed E-state index contributed by atoms with van der Waals surface area (Å²) in [4.78, 5) is 19.2. The van der Waals surface area contributed by atoms with Crippen molar-refractivity contribution < 1.29 is 9.53 Å². The Bertz CT molecular complexity index is 635. The molecule has 0 radical (unpaired) electrons. The number of halogens is 1. The summed E-state index contributed by atoms with van der Waals surface area (Å²) in [6.07, 6.45) is 9.49. The average molecular weight is 379 g/mol. The van der Waals surface area contributed by atoms with E-state index >= 15 is 0 Å². The molecule has 1 aromatic heterocycles. The van der Waals surface area contributed by atoms with Gasteiger partial charge in [-0.1, -0.05) is 49.8 Å². The van der Waals surface area contributed by atoms with Crippen molar-refractivity contribution in [2.24, 2.45) is 5.92 Å². The first-order valence-electron chi connectivity index (χ1n) is 9.96. The van der Waals surface area contributed by atoms with Crippen LogP contribution >= 0.6 is 11.6 Å². The van der Waals surface area contributed by atoms with Crippen molar-refractivity contribution in [1.29, 1.82) is 0 Å². The predicted octanol–water partition coefficient (Wildman–Crippen LogP) is 5.76. The fourth-order valence-corrected chi connectivity index (χ4v) is 4.33. The van der Waals surface area contributed by atoms with Crippen LogP contribution in [-0.2, 0) is 17.7 Å². The molecule has 0 saturated heterocycles. The molecule has 1 atom stereocenters. The van der Waals surface area contributed by atoms with Crippen molar-refractivity contribution in [3.63, 3.8) is 0 Å². The summed E-state index contributed by atoms with van der Waals surface area (Å²) in [5.41, 5.74) is 1.63. The van der Waals surface area contributed by atoms with Gasteiger partial charge in [0.15, 0.2) is 0 Å². The molecule has 0 bridgehead atoms. The SMILES string of the molecule is CC(C)(C)OC(=O)N1Cc2ccc(Cl)nc2CC1CCC1CCCCC1. The van der Waals surface area contributed by atoms with Crippen LogP contribution in [0.5, 0.6) is 0 Å². The third kappa shape index (κ3) is 5.12. The molecule has 3 rings (SSSR count). The molecular formula is C21H31ClN2O2. The Kier molecular flexibility index (Phi) is 6.11. The molecular weight excluding hydrogens is 348 g/mol. The highest BCUT2D eigenvalue weighted by molar-refractivity contribution is 6.29. The molecule has 4 nitrogen and oxygen atoms in total. The maximum atomic E-state index is 12.8. The van der Waals surface area contributed by atoms with Gasteiger partial charge in [-0.05, 0) is 51.2 Å². The van der Waals surface area contributed by atoms with Gasteiger partial charge in [0.1, 0.15) is 10.8 Å². The number of nitrogens with zero attached hydrogens (tertiary/aromatic N) is 2. The van der Waals surface area contributed by atoms with Crippen molar-refractivity contribution in [2.75, 3.05) is 0 Å². The van der Waals surface area contributed by atoms with Crippen LogP contribution < -0.4 is 0 Å². The van der Waals surface area contributed by atoms with E-state index in [0.717, 1.165) is 30.0 Å². The van der Waals surface area contributed by atoms with Crippen LogP contribution in [0.1, 0.15) is 77.0 Å². The Morgan fingerprint density at radius 1 is 1.23 bits per heavy atom. The van der Waals surface area contributed by atoms with E-state index in [1.54, 1.807) is 6.07 Å². The fraction of sp³-hybridized carbons (Fsp3) is 0.714. The van der Waals surface area contributed by atoms with Gasteiger partial charge in [-0.2, -0.15) is 0 Å². The molecule has 1 aliphatic heterocycles. The molecule has 0 aromatic carbocycles. The molecule has 26 heavy (non-hydrogen) atoms. The molecule has 1 fully saturated rings. The first-order chi connectivity index (χ1) is 12.3. The lowest BCUT2D eigenvalue weighted by molar-refractivity contribution is 0.00992. The smallest absolute Gasteiger partial charge is 0.410 e. The summed E-state index contributed by atoms with van der Waals surface area (Å²) < 4.78 is 5.68. The van der Waals surface area contributed by atoms with E-state index in [9.17, 15) is 4.79 Å². The number of fused-ring (bicyclic) bond motifs is 1. The Labute approximate surface area is 162 Å². The number of rotatable bonds is 3. The molecule has 144 valence electrons. The number of hydrogen-bond acceptors (Lipinski definition) is 3. The van der Waals surface area contributed by atoms with Crippen molar-refractivity contribution in [3.05, 3.63) is 28.5 Å². The van der Waals surface area contributed by atoms with Crippen molar-refractivity contribution in [1.82, 2.24) is 9.88 Å². The molecule has 2 aliphatic rings.